The van der Waals surface area contributed by atoms with E-state index in [0.29, 0.717) is 0 Å². The van der Waals surface area contributed by atoms with Gasteiger partial charge in [0.25, 0.3) is 0 Å². The highest BCUT2D eigenvalue weighted by Crippen LogP contribution is 2.07. The number of thiol groups is 1. The molecule has 2 heteroatoms. The third kappa shape index (κ3) is 10.4. The number of hydrogen-bond acceptors (Lipinski definition) is 2. The molecule has 0 radical (unpaired) electrons. The van der Waals surface area contributed by atoms with E-state index in [0.717, 1.165) is 5.75 Å². The number of rotatable bonds is 10. The fraction of sp³-hybridized carbons (Fsp3) is 1.00. The number of nitrogens with zero attached hydrogens (tertiary/aromatic N) is 1. The normalized spacial score (nSPS) is 11.1. The number of hydrogen-bond donors (Lipinski definition) is 1. The maximum Gasteiger partial charge on any atom is -0.00219 e. The summed E-state index contributed by atoms with van der Waals surface area (Å²) >= 11 is 4.21. The summed E-state index contributed by atoms with van der Waals surface area (Å²) in [4.78, 5) is 2.39. The van der Waals surface area contributed by atoms with Crippen LogP contribution in [0.25, 0.3) is 0 Å². The second kappa shape index (κ2) is 11.4. The van der Waals surface area contributed by atoms with Gasteiger partial charge in [0.2, 0.25) is 0 Å². The fourth-order valence-corrected chi connectivity index (χ4v) is 1.76. The highest BCUT2D eigenvalue weighted by Gasteiger charge is 1.94. The summed E-state index contributed by atoms with van der Waals surface area (Å²) < 4.78 is 0. The lowest BCUT2D eigenvalue weighted by atomic mass is 10.1. The highest BCUT2D eigenvalue weighted by molar-refractivity contribution is 7.80. The maximum atomic E-state index is 4.21. The Bertz CT molecular complexity index is 106. The summed E-state index contributed by atoms with van der Waals surface area (Å²) in [7, 11) is 2.20. The zero-order valence-corrected chi connectivity index (χ0v) is 10.9. The summed E-state index contributed by atoms with van der Waals surface area (Å²) in [5, 5.41) is 0. The summed E-state index contributed by atoms with van der Waals surface area (Å²) in [5.41, 5.74) is 0. The van der Waals surface area contributed by atoms with Gasteiger partial charge in [-0.15, -0.1) is 0 Å². The van der Waals surface area contributed by atoms with Gasteiger partial charge in [0.05, 0.1) is 0 Å². The van der Waals surface area contributed by atoms with Gasteiger partial charge in [0.15, 0.2) is 0 Å². The first-order chi connectivity index (χ1) is 6.81. The van der Waals surface area contributed by atoms with E-state index >= 15 is 0 Å². The fourth-order valence-electron chi connectivity index (χ4n) is 1.54. The molecule has 0 bridgehead atoms. The van der Waals surface area contributed by atoms with Gasteiger partial charge in [-0.1, -0.05) is 39.0 Å². The molecular weight excluding hydrogens is 190 g/mol. The Kier molecular flexibility index (Phi) is 11.6. The van der Waals surface area contributed by atoms with Crippen molar-refractivity contribution in [3.05, 3.63) is 0 Å². The first kappa shape index (κ1) is 14.3. The molecule has 0 spiro atoms. The van der Waals surface area contributed by atoms with Crippen molar-refractivity contribution in [2.45, 2.75) is 51.9 Å². The van der Waals surface area contributed by atoms with Crippen LogP contribution in [0.4, 0.5) is 0 Å². The molecule has 0 fully saturated rings. The van der Waals surface area contributed by atoms with E-state index in [9.17, 15) is 0 Å². The molecule has 0 aliphatic rings. The molecule has 0 aliphatic heterocycles. The van der Waals surface area contributed by atoms with E-state index in [2.05, 4.69) is 31.5 Å². The minimum absolute atomic E-state index is 1.06. The first-order valence-corrected chi connectivity index (χ1v) is 6.74. The molecule has 0 heterocycles. The largest absolute Gasteiger partial charge is 0.307 e. The molecule has 0 rings (SSSR count). The van der Waals surface area contributed by atoms with E-state index in [4.69, 9.17) is 0 Å². The van der Waals surface area contributed by atoms with Crippen LogP contribution in [0.5, 0.6) is 0 Å². The Hall–Kier alpha value is 0.310. The summed E-state index contributed by atoms with van der Waals surface area (Å²) in [6.45, 7) is 4.67. The van der Waals surface area contributed by atoms with E-state index in [1.54, 1.807) is 0 Å². The Morgan fingerprint density at radius 2 is 1.36 bits per heavy atom. The van der Waals surface area contributed by atoms with Gasteiger partial charge in [-0.2, -0.15) is 12.6 Å². The second-order valence-corrected chi connectivity index (χ2v) is 4.54. The maximum absolute atomic E-state index is 4.21. The zero-order chi connectivity index (χ0) is 10.6. The van der Waals surface area contributed by atoms with Crippen LogP contribution in [0.1, 0.15) is 51.9 Å². The van der Waals surface area contributed by atoms with Gasteiger partial charge in [-0.3, -0.25) is 0 Å². The molecule has 0 aliphatic carbocycles. The smallest absolute Gasteiger partial charge is 0.00219 e. The molecule has 86 valence electrons. The van der Waals surface area contributed by atoms with E-state index in [1.165, 1.54) is 58.0 Å². The summed E-state index contributed by atoms with van der Waals surface area (Å²) in [6, 6.07) is 0. The van der Waals surface area contributed by atoms with Crippen molar-refractivity contribution < 1.29 is 0 Å². The lowest BCUT2D eigenvalue weighted by Gasteiger charge is -2.12. The van der Waals surface area contributed by atoms with Crippen molar-refractivity contribution in [3.63, 3.8) is 0 Å². The van der Waals surface area contributed by atoms with Crippen LogP contribution < -0.4 is 0 Å². The number of unbranched alkanes of at least 4 members (excludes halogenated alkanes) is 6. The van der Waals surface area contributed by atoms with Crippen LogP contribution in [0.3, 0.4) is 0 Å². The van der Waals surface area contributed by atoms with Crippen LogP contribution in [0.2, 0.25) is 0 Å². The zero-order valence-electron chi connectivity index (χ0n) is 9.97. The minimum Gasteiger partial charge on any atom is -0.307 e. The molecule has 0 amide bonds. The van der Waals surface area contributed by atoms with Crippen molar-refractivity contribution in [1.82, 2.24) is 4.90 Å². The third-order valence-corrected chi connectivity index (χ3v) is 3.05. The Balaban J connectivity index is 2.92. The van der Waals surface area contributed by atoms with Crippen molar-refractivity contribution >= 4 is 12.6 Å². The molecule has 0 aromatic rings. The van der Waals surface area contributed by atoms with Gasteiger partial charge >= 0.3 is 0 Å². The summed E-state index contributed by atoms with van der Waals surface area (Å²) in [6.07, 6.45) is 9.69. The quantitative estimate of drug-likeness (QED) is 0.432. The Labute approximate surface area is 95.7 Å². The van der Waals surface area contributed by atoms with Gasteiger partial charge in [-0.05, 0) is 38.7 Å². The minimum atomic E-state index is 1.06. The Morgan fingerprint density at radius 3 is 1.86 bits per heavy atom. The third-order valence-electron chi connectivity index (χ3n) is 2.74. The van der Waals surface area contributed by atoms with Gasteiger partial charge in [0, 0.05) is 0 Å². The predicted molar refractivity (Wildman–Crippen MR) is 69.3 cm³/mol. The predicted octanol–water partition coefficient (Wildman–Crippen LogP) is 3.60. The summed E-state index contributed by atoms with van der Waals surface area (Å²) in [5.74, 6) is 1.06. The van der Waals surface area contributed by atoms with Crippen LogP contribution in [0, 0.1) is 0 Å². The van der Waals surface area contributed by atoms with E-state index < -0.39 is 0 Å². The highest BCUT2D eigenvalue weighted by atomic mass is 32.1. The Morgan fingerprint density at radius 1 is 0.857 bits per heavy atom. The molecular formula is C12H27NS. The first-order valence-electron chi connectivity index (χ1n) is 6.10. The van der Waals surface area contributed by atoms with Gasteiger partial charge < -0.3 is 4.90 Å². The average Bonchev–Trinajstić information content (AvgIpc) is 2.21. The van der Waals surface area contributed by atoms with Gasteiger partial charge in [-0.25, -0.2) is 0 Å². The molecule has 0 atom stereocenters. The molecule has 0 aromatic heterocycles. The SMILES string of the molecule is CCN(C)CCCCCCCCCS. The molecule has 0 N–H and O–H groups in total. The standard InChI is InChI=1S/C12H27NS/c1-3-13(2)11-9-7-5-4-6-8-10-12-14/h14H,3-12H2,1-2H3. The van der Waals surface area contributed by atoms with Crippen molar-refractivity contribution in [2.24, 2.45) is 0 Å². The van der Waals surface area contributed by atoms with E-state index in [-0.39, 0.29) is 0 Å². The van der Waals surface area contributed by atoms with Crippen LogP contribution >= 0.6 is 12.6 Å². The lowest BCUT2D eigenvalue weighted by Crippen LogP contribution is -2.18. The molecule has 0 aromatic carbocycles. The average molecular weight is 217 g/mol. The molecule has 0 saturated heterocycles. The molecule has 1 nitrogen and oxygen atoms in total. The van der Waals surface area contributed by atoms with Crippen LogP contribution in [0.15, 0.2) is 0 Å². The molecule has 0 unspecified atom stereocenters. The van der Waals surface area contributed by atoms with Gasteiger partial charge in [0.1, 0.15) is 0 Å². The van der Waals surface area contributed by atoms with Crippen molar-refractivity contribution in [2.75, 3.05) is 25.9 Å². The molecule has 14 heavy (non-hydrogen) atoms. The van der Waals surface area contributed by atoms with Crippen molar-refractivity contribution in [3.8, 4) is 0 Å². The lowest BCUT2D eigenvalue weighted by molar-refractivity contribution is 0.340. The van der Waals surface area contributed by atoms with Crippen molar-refractivity contribution in [1.29, 1.82) is 0 Å². The molecule has 0 saturated carbocycles. The second-order valence-electron chi connectivity index (χ2n) is 4.09. The van der Waals surface area contributed by atoms with Crippen LogP contribution in [-0.4, -0.2) is 30.8 Å². The monoisotopic (exact) mass is 217 g/mol. The van der Waals surface area contributed by atoms with E-state index in [1.807, 2.05) is 0 Å². The van der Waals surface area contributed by atoms with Crippen LogP contribution in [-0.2, 0) is 0 Å². The topological polar surface area (TPSA) is 3.24 Å².